The Morgan fingerprint density at radius 2 is 2.11 bits per heavy atom. The number of aliphatic hydroxyl groups is 2. The van der Waals surface area contributed by atoms with Crippen LogP contribution < -0.4 is 0 Å². The molecule has 3 N–H and O–H groups in total. The Bertz CT molecular complexity index is 325. The van der Waals surface area contributed by atoms with Gasteiger partial charge in [0.25, 0.3) is 0 Å². The van der Waals surface area contributed by atoms with Crippen molar-refractivity contribution in [2.45, 2.75) is 50.6 Å². The molecule has 18 heavy (non-hydrogen) atoms. The summed E-state index contributed by atoms with van der Waals surface area (Å²) in [6.45, 7) is 2.99. The van der Waals surface area contributed by atoms with E-state index >= 15 is 0 Å². The zero-order chi connectivity index (χ0) is 13.9. The van der Waals surface area contributed by atoms with Crippen LogP contribution in [0.4, 0.5) is 0 Å². The third-order valence-corrected chi connectivity index (χ3v) is 2.97. The predicted octanol–water partition coefficient (Wildman–Crippen LogP) is -0.706. The number of aliphatic carboxylic acids is 1. The molecule has 0 aliphatic carbocycles. The smallest absolute Gasteiger partial charge is 0.340 e. The van der Waals surface area contributed by atoms with Gasteiger partial charge in [-0.15, -0.1) is 0 Å². The van der Waals surface area contributed by atoms with Gasteiger partial charge in [0.1, 0.15) is 0 Å². The van der Waals surface area contributed by atoms with Crippen molar-refractivity contribution < 1.29 is 34.4 Å². The Morgan fingerprint density at radius 1 is 1.50 bits per heavy atom. The largest absolute Gasteiger partial charge is 0.479 e. The van der Waals surface area contributed by atoms with Gasteiger partial charge in [0.2, 0.25) is 0 Å². The first-order valence-electron chi connectivity index (χ1n) is 5.76. The number of carboxylic acid groups (broad SMARTS) is 1. The third kappa shape index (κ3) is 2.98. The van der Waals surface area contributed by atoms with Crippen molar-refractivity contribution in [3.63, 3.8) is 0 Å². The van der Waals surface area contributed by atoms with Gasteiger partial charge in [0.15, 0.2) is 11.7 Å². The van der Waals surface area contributed by atoms with Gasteiger partial charge in [-0.25, -0.2) is 9.59 Å². The maximum Gasteiger partial charge on any atom is 0.340 e. The van der Waals surface area contributed by atoms with E-state index in [9.17, 15) is 19.8 Å². The highest BCUT2D eigenvalue weighted by Gasteiger charge is 2.47. The lowest BCUT2D eigenvalue weighted by atomic mass is 9.96. The fourth-order valence-electron chi connectivity index (χ4n) is 1.88. The molecule has 0 bridgehead atoms. The number of hydrogen-bond acceptors (Lipinski definition) is 6. The lowest BCUT2D eigenvalue weighted by Gasteiger charge is -2.27. The van der Waals surface area contributed by atoms with Gasteiger partial charge in [-0.05, 0) is 26.7 Å². The Labute approximate surface area is 104 Å². The van der Waals surface area contributed by atoms with Gasteiger partial charge in [0.05, 0.1) is 18.8 Å². The van der Waals surface area contributed by atoms with Crippen LogP contribution in [0, 0.1) is 0 Å². The molecule has 7 heteroatoms. The zero-order valence-electron chi connectivity index (χ0n) is 10.3. The molecule has 1 fully saturated rings. The Kier molecular flexibility index (Phi) is 4.66. The quantitative estimate of drug-likeness (QED) is 0.561. The van der Waals surface area contributed by atoms with Crippen LogP contribution in [-0.2, 0) is 19.1 Å². The number of ether oxygens (including phenoxy) is 2. The van der Waals surface area contributed by atoms with Crippen molar-refractivity contribution >= 4 is 11.9 Å². The highest BCUT2D eigenvalue weighted by molar-refractivity contribution is 5.79. The maximum atomic E-state index is 11.5. The number of aliphatic hydroxyl groups excluding tert-OH is 1. The van der Waals surface area contributed by atoms with Crippen molar-refractivity contribution in [2.75, 3.05) is 6.61 Å². The van der Waals surface area contributed by atoms with Crippen molar-refractivity contribution in [1.29, 1.82) is 0 Å². The maximum absolute atomic E-state index is 11.5. The monoisotopic (exact) mass is 262 g/mol. The van der Waals surface area contributed by atoms with Crippen LogP contribution in [0.2, 0.25) is 0 Å². The summed E-state index contributed by atoms with van der Waals surface area (Å²) in [7, 11) is 0. The molecule has 0 spiro atoms. The van der Waals surface area contributed by atoms with Crippen LogP contribution in [0.15, 0.2) is 0 Å². The number of carbonyl (C=O) groups is 2. The first kappa shape index (κ1) is 14.9. The molecule has 1 heterocycles. The van der Waals surface area contributed by atoms with E-state index in [4.69, 9.17) is 14.6 Å². The third-order valence-electron chi connectivity index (χ3n) is 2.97. The van der Waals surface area contributed by atoms with Crippen molar-refractivity contribution in [3.05, 3.63) is 0 Å². The summed E-state index contributed by atoms with van der Waals surface area (Å²) in [6.07, 6.45) is -2.92. The van der Waals surface area contributed by atoms with Gasteiger partial charge < -0.3 is 24.8 Å². The fourth-order valence-corrected chi connectivity index (χ4v) is 1.88. The molecule has 0 aromatic carbocycles. The SMILES string of the molecule is CCOC(=O)[C@@](C)(O)[C@@H]1CC[C@H]([C@H](O)C(=O)O)O1. The van der Waals surface area contributed by atoms with Crippen LogP contribution in [0.25, 0.3) is 0 Å². The zero-order valence-corrected chi connectivity index (χ0v) is 10.3. The van der Waals surface area contributed by atoms with Crippen molar-refractivity contribution in [1.82, 2.24) is 0 Å². The lowest BCUT2D eigenvalue weighted by Crippen LogP contribution is -2.48. The summed E-state index contributed by atoms with van der Waals surface area (Å²) in [5, 5.41) is 28.0. The Balaban J connectivity index is 2.65. The highest BCUT2D eigenvalue weighted by atomic mass is 16.6. The van der Waals surface area contributed by atoms with Crippen LogP contribution in [-0.4, -0.2) is 57.8 Å². The Hall–Kier alpha value is -1.18. The molecule has 0 aromatic rings. The molecule has 7 nitrogen and oxygen atoms in total. The van der Waals surface area contributed by atoms with Gasteiger partial charge in [-0.1, -0.05) is 0 Å². The molecule has 1 aliphatic heterocycles. The second-order valence-corrected chi connectivity index (χ2v) is 4.39. The second kappa shape index (κ2) is 5.64. The first-order valence-corrected chi connectivity index (χ1v) is 5.76. The van der Waals surface area contributed by atoms with Gasteiger partial charge in [-0.2, -0.15) is 0 Å². The molecule has 0 amide bonds. The van der Waals surface area contributed by atoms with Crippen LogP contribution in [0.5, 0.6) is 0 Å². The summed E-state index contributed by atoms with van der Waals surface area (Å²) in [6, 6.07) is 0. The van der Waals surface area contributed by atoms with Crippen molar-refractivity contribution in [2.24, 2.45) is 0 Å². The summed E-state index contributed by atoms with van der Waals surface area (Å²) >= 11 is 0. The van der Waals surface area contributed by atoms with E-state index in [0.29, 0.717) is 0 Å². The predicted molar refractivity (Wildman–Crippen MR) is 58.8 cm³/mol. The summed E-state index contributed by atoms with van der Waals surface area (Å²) in [5.41, 5.74) is -1.84. The van der Waals surface area contributed by atoms with E-state index in [1.54, 1.807) is 6.92 Å². The molecule has 104 valence electrons. The van der Waals surface area contributed by atoms with Crippen LogP contribution >= 0.6 is 0 Å². The van der Waals surface area contributed by atoms with Crippen LogP contribution in [0.1, 0.15) is 26.7 Å². The second-order valence-electron chi connectivity index (χ2n) is 4.39. The minimum absolute atomic E-state index is 0.128. The van der Waals surface area contributed by atoms with Gasteiger partial charge >= 0.3 is 11.9 Å². The van der Waals surface area contributed by atoms with Crippen LogP contribution in [0.3, 0.4) is 0 Å². The van der Waals surface area contributed by atoms with E-state index < -0.39 is 35.9 Å². The molecule has 4 atom stereocenters. The number of hydrogen-bond donors (Lipinski definition) is 3. The number of carbonyl (C=O) groups excluding carboxylic acids is 1. The molecule has 0 unspecified atom stereocenters. The molecule has 0 saturated carbocycles. The normalized spacial score (nSPS) is 28.4. The van der Waals surface area contributed by atoms with E-state index in [1.807, 2.05) is 0 Å². The van der Waals surface area contributed by atoms with Gasteiger partial charge in [-0.3, -0.25) is 0 Å². The molecule has 0 aromatic heterocycles. The fraction of sp³-hybridized carbons (Fsp3) is 0.818. The molecule has 1 saturated heterocycles. The molecular weight excluding hydrogens is 244 g/mol. The minimum atomic E-state index is -1.84. The van der Waals surface area contributed by atoms with Gasteiger partial charge in [0, 0.05) is 0 Å². The number of carboxylic acids is 1. The van der Waals surface area contributed by atoms with E-state index in [1.165, 1.54) is 6.92 Å². The standard InChI is InChI=1S/C11H18O7/c1-3-17-10(15)11(2,16)7-5-4-6(18-7)8(12)9(13)14/h6-8,12,16H,3-5H2,1-2H3,(H,13,14)/t6-,7+,8+,11+/m1/s1. The van der Waals surface area contributed by atoms with E-state index in [0.717, 1.165) is 0 Å². The average molecular weight is 262 g/mol. The molecule has 0 radical (unpaired) electrons. The molecular formula is C11H18O7. The number of esters is 1. The van der Waals surface area contributed by atoms with E-state index in [2.05, 4.69) is 0 Å². The minimum Gasteiger partial charge on any atom is -0.479 e. The number of rotatable bonds is 5. The highest BCUT2D eigenvalue weighted by Crippen LogP contribution is 2.30. The summed E-state index contributed by atoms with van der Waals surface area (Å²) in [4.78, 5) is 22.1. The molecule has 1 aliphatic rings. The van der Waals surface area contributed by atoms with Crippen molar-refractivity contribution in [3.8, 4) is 0 Å². The first-order chi connectivity index (χ1) is 8.30. The van der Waals surface area contributed by atoms with E-state index in [-0.39, 0.29) is 19.4 Å². The Morgan fingerprint density at radius 3 is 2.61 bits per heavy atom. The summed E-state index contributed by atoms with van der Waals surface area (Å²) < 4.78 is 9.95. The average Bonchev–Trinajstić information content (AvgIpc) is 2.77. The molecule has 1 rings (SSSR count). The topological polar surface area (TPSA) is 113 Å². The lowest BCUT2D eigenvalue weighted by molar-refractivity contribution is -0.183. The summed E-state index contributed by atoms with van der Waals surface area (Å²) in [5.74, 6) is -2.21.